The van der Waals surface area contributed by atoms with Crippen LogP contribution >= 0.6 is 11.9 Å². The highest BCUT2D eigenvalue weighted by atomic mass is 32.2. The second-order valence-corrected chi connectivity index (χ2v) is 4.92. The average Bonchev–Trinajstić information content (AvgIpc) is 2.85. The molecule has 1 saturated heterocycles. The van der Waals surface area contributed by atoms with Crippen LogP contribution in [0.2, 0.25) is 0 Å². The highest BCUT2D eigenvalue weighted by Gasteiger charge is 2.35. The van der Waals surface area contributed by atoms with Crippen LogP contribution in [0.4, 0.5) is 0 Å². The maximum atomic E-state index is 3.69. The van der Waals surface area contributed by atoms with Crippen LogP contribution in [0.5, 0.6) is 0 Å². The van der Waals surface area contributed by atoms with Gasteiger partial charge in [0.1, 0.15) is 0 Å². The zero-order valence-electron chi connectivity index (χ0n) is 7.92. The molecule has 0 amide bonds. The molecule has 1 N–H and O–H groups in total. The van der Waals surface area contributed by atoms with Gasteiger partial charge in [0.25, 0.3) is 0 Å². The van der Waals surface area contributed by atoms with Crippen molar-refractivity contribution in [2.45, 2.75) is 31.8 Å². The van der Waals surface area contributed by atoms with Crippen molar-refractivity contribution in [3.05, 3.63) is 0 Å². The van der Waals surface area contributed by atoms with Gasteiger partial charge in [0.2, 0.25) is 0 Å². The van der Waals surface area contributed by atoms with E-state index in [-0.39, 0.29) is 0 Å². The lowest BCUT2D eigenvalue weighted by Crippen LogP contribution is -2.54. The van der Waals surface area contributed by atoms with Crippen LogP contribution in [0, 0.1) is 5.92 Å². The van der Waals surface area contributed by atoms with Crippen LogP contribution in [0.25, 0.3) is 0 Å². The molecule has 12 heavy (non-hydrogen) atoms. The first-order valence-electron chi connectivity index (χ1n) is 4.84. The third-order valence-corrected chi connectivity index (χ3v) is 3.64. The molecule has 1 heterocycles. The Balaban J connectivity index is 1.88. The van der Waals surface area contributed by atoms with Crippen molar-refractivity contribution >= 4 is 11.9 Å². The quantitative estimate of drug-likeness (QED) is 0.655. The summed E-state index contributed by atoms with van der Waals surface area (Å²) >= 11 is 1.89. The van der Waals surface area contributed by atoms with Crippen LogP contribution in [-0.2, 0) is 0 Å². The number of nitrogens with one attached hydrogen (secondary N) is 1. The van der Waals surface area contributed by atoms with Crippen LogP contribution in [0.3, 0.4) is 0 Å². The molecule has 1 aliphatic carbocycles. The van der Waals surface area contributed by atoms with Crippen LogP contribution in [0.15, 0.2) is 0 Å². The lowest BCUT2D eigenvalue weighted by molar-refractivity contribution is 0.251. The Kier molecular flexibility index (Phi) is 2.63. The predicted octanol–water partition coefficient (Wildman–Crippen LogP) is 1.34. The van der Waals surface area contributed by atoms with Crippen molar-refractivity contribution in [3.63, 3.8) is 0 Å². The van der Waals surface area contributed by atoms with Gasteiger partial charge in [-0.1, -0.05) is 11.9 Å². The predicted molar refractivity (Wildman–Crippen MR) is 54.2 cm³/mol. The summed E-state index contributed by atoms with van der Waals surface area (Å²) in [6.45, 7) is 4.73. The summed E-state index contributed by atoms with van der Waals surface area (Å²) in [5.74, 6) is 0.988. The smallest absolute Gasteiger partial charge is 0.0247 e. The molecule has 70 valence electrons. The molecule has 2 aliphatic rings. The average molecular weight is 186 g/mol. The van der Waals surface area contributed by atoms with Gasteiger partial charge in [-0.2, -0.15) is 0 Å². The Hall–Kier alpha value is 0.270. The number of nitrogens with zero attached hydrogens (tertiary/aromatic N) is 1. The maximum absolute atomic E-state index is 3.69. The standard InChI is InChI=1S/C9H18N2S/c1-7-5-11(12-2)6-9(10-7)8-3-4-8/h7-10H,3-6H2,1-2H3/t7-,9-/m1/s1. The molecule has 0 aromatic heterocycles. The van der Waals surface area contributed by atoms with E-state index in [1.54, 1.807) is 0 Å². The zero-order valence-corrected chi connectivity index (χ0v) is 8.73. The molecule has 1 aliphatic heterocycles. The summed E-state index contributed by atoms with van der Waals surface area (Å²) in [6, 6.07) is 1.46. The van der Waals surface area contributed by atoms with Crippen molar-refractivity contribution in [2.75, 3.05) is 19.3 Å². The molecule has 2 nitrogen and oxygen atoms in total. The van der Waals surface area contributed by atoms with E-state index in [4.69, 9.17) is 0 Å². The van der Waals surface area contributed by atoms with E-state index < -0.39 is 0 Å². The van der Waals surface area contributed by atoms with E-state index in [0.717, 1.165) is 12.0 Å². The topological polar surface area (TPSA) is 15.3 Å². The summed E-state index contributed by atoms with van der Waals surface area (Å²) in [4.78, 5) is 0. The number of hydrogen-bond donors (Lipinski definition) is 1. The summed E-state index contributed by atoms with van der Waals surface area (Å²) in [5.41, 5.74) is 0. The van der Waals surface area contributed by atoms with Crippen molar-refractivity contribution in [1.29, 1.82) is 0 Å². The number of rotatable bonds is 2. The monoisotopic (exact) mass is 186 g/mol. The zero-order chi connectivity index (χ0) is 8.55. The minimum Gasteiger partial charge on any atom is -0.309 e. The minimum atomic E-state index is 0.678. The molecule has 2 fully saturated rings. The first-order valence-corrected chi connectivity index (χ1v) is 6.03. The van der Waals surface area contributed by atoms with Gasteiger partial charge < -0.3 is 5.32 Å². The fraction of sp³-hybridized carbons (Fsp3) is 1.00. The van der Waals surface area contributed by atoms with Crippen LogP contribution in [0.1, 0.15) is 19.8 Å². The van der Waals surface area contributed by atoms with Crippen molar-refractivity contribution in [3.8, 4) is 0 Å². The molecular formula is C9H18N2S. The van der Waals surface area contributed by atoms with Crippen LogP contribution in [-0.4, -0.2) is 35.7 Å². The van der Waals surface area contributed by atoms with Gasteiger partial charge in [0, 0.05) is 25.2 Å². The Labute approximate surface area is 79.2 Å². The Morgan fingerprint density at radius 1 is 1.33 bits per heavy atom. The highest BCUT2D eigenvalue weighted by Crippen LogP contribution is 2.34. The molecule has 0 aromatic carbocycles. The fourth-order valence-corrected chi connectivity index (χ4v) is 2.69. The molecule has 0 aromatic rings. The molecule has 0 bridgehead atoms. The molecule has 3 heteroatoms. The fourth-order valence-electron chi connectivity index (χ4n) is 2.00. The Bertz CT molecular complexity index is 159. The minimum absolute atomic E-state index is 0.678. The van der Waals surface area contributed by atoms with Gasteiger partial charge >= 0.3 is 0 Å². The maximum Gasteiger partial charge on any atom is 0.0247 e. The second-order valence-electron chi connectivity index (χ2n) is 4.04. The van der Waals surface area contributed by atoms with Gasteiger partial charge in [0.15, 0.2) is 0 Å². The van der Waals surface area contributed by atoms with E-state index in [1.807, 2.05) is 11.9 Å². The van der Waals surface area contributed by atoms with Crippen molar-refractivity contribution in [1.82, 2.24) is 9.62 Å². The summed E-state index contributed by atoms with van der Waals surface area (Å²) in [5, 5.41) is 3.69. The molecule has 0 radical (unpaired) electrons. The summed E-state index contributed by atoms with van der Waals surface area (Å²) in [6.07, 6.45) is 5.08. The van der Waals surface area contributed by atoms with Gasteiger partial charge in [-0.25, -0.2) is 4.31 Å². The number of hydrogen-bond acceptors (Lipinski definition) is 3. The van der Waals surface area contributed by atoms with E-state index in [1.165, 1.54) is 25.9 Å². The van der Waals surface area contributed by atoms with Crippen LogP contribution < -0.4 is 5.32 Å². The van der Waals surface area contributed by atoms with Gasteiger partial charge in [0.05, 0.1) is 0 Å². The summed E-state index contributed by atoms with van der Waals surface area (Å²) in [7, 11) is 0. The molecule has 0 unspecified atom stereocenters. The lowest BCUT2D eigenvalue weighted by atomic mass is 10.1. The SMILES string of the molecule is CSN1C[C@@H](C)N[C@@H](C2CC2)C1. The first-order chi connectivity index (χ1) is 5.79. The molecule has 0 spiro atoms. The van der Waals surface area contributed by atoms with Crippen molar-refractivity contribution in [2.24, 2.45) is 5.92 Å². The number of piperazine rings is 1. The first kappa shape index (κ1) is 8.85. The van der Waals surface area contributed by atoms with Gasteiger partial charge in [-0.05, 0) is 31.9 Å². The largest absolute Gasteiger partial charge is 0.309 e. The Morgan fingerprint density at radius 2 is 2.08 bits per heavy atom. The van der Waals surface area contributed by atoms with E-state index in [2.05, 4.69) is 22.8 Å². The summed E-state index contributed by atoms with van der Waals surface area (Å²) < 4.78 is 2.49. The van der Waals surface area contributed by atoms with E-state index in [0.29, 0.717) is 6.04 Å². The van der Waals surface area contributed by atoms with Gasteiger partial charge in [-0.3, -0.25) is 0 Å². The second kappa shape index (κ2) is 3.56. The molecular weight excluding hydrogens is 168 g/mol. The third-order valence-electron chi connectivity index (χ3n) is 2.83. The lowest BCUT2D eigenvalue weighted by Gasteiger charge is -2.36. The van der Waals surface area contributed by atoms with E-state index in [9.17, 15) is 0 Å². The van der Waals surface area contributed by atoms with E-state index >= 15 is 0 Å². The Morgan fingerprint density at radius 3 is 2.67 bits per heavy atom. The third kappa shape index (κ3) is 1.95. The van der Waals surface area contributed by atoms with Gasteiger partial charge in [-0.15, -0.1) is 0 Å². The molecule has 2 rings (SSSR count). The molecule has 2 atom stereocenters. The highest BCUT2D eigenvalue weighted by molar-refractivity contribution is 7.96. The normalized spacial score (nSPS) is 38.5. The molecule has 1 saturated carbocycles. The van der Waals surface area contributed by atoms with Crippen molar-refractivity contribution < 1.29 is 0 Å².